The van der Waals surface area contributed by atoms with Gasteiger partial charge in [0.2, 0.25) is 0 Å². The molecule has 8 atom stereocenters. The van der Waals surface area contributed by atoms with Crippen molar-refractivity contribution in [2.75, 3.05) is 13.2 Å². The normalized spacial score (nSPS) is 28.3. The number of esters is 2. The van der Waals surface area contributed by atoms with Gasteiger partial charge in [-0.25, -0.2) is 4.57 Å². The van der Waals surface area contributed by atoms with Gasteiger partial charge in [0.15, 0.2) is 6.10 Å². The van der Waals surface area contributed by atoms with Crippen molar-refractivity contribution in [2.45, 2.75) is 121 Å². The van der Waals surface area contributed by atoms with E-state index in [2.05, 4.69) is 0 Å². The van der Waals surface area contributed by atoms with E-state index >= 15 is 0 Å². The summed E-state index contributed by atoms with van der Waals surface area (Å²) in [6.45, 7) is 2.88. The quantitative estimate of drug-likeness (QED) is 0.0778. The van der Waals surface area contributed by atoms with Gasteiger partial charge < -0.3 is 39.9 Å². The molecule has 0 aromatic carbocycles. The lowest BCUT2D eigenvalue weighted by molar-refractivity contribution is -0.220. The first-order valence-corrected chi connectivity index (χ1v) is 14.3. The standard InChI is InChI=1S/C23H43O13P/c1-3-5-7-9-11-16(24)33-13-15(35-17(25)12-10-8-6-4-2)14-34-37(31,32)36-23-21(29)19(27)18(26)20(28)22(23)30/h15,18-23,26-30H,3-14H2,1-2H3,(H,31,32)/t15-,18?,19-,20+,21-,22-,23?/m1/s1. The minimum absolute atomic E-state index is 0.0906. The third kappa shape index (κ3) is 12.5. The third-order valence-corrected chi connectivity index (χ3v) is 6.93. The van der Waals surface area contributed by atoms with Crippen molar-refractivity contribution in [1.29, 1.82) is 0 Å². The predicted molar refractivity (Wildman–Crippen MR) is 129 cm³/mol. The molecule has 1 aliphatic carbocycles. The van der Waals surface area contributed by atoms with E-state index in [9.17, 15) is 44.6 Å². The number of unbranched alkanes of at least 4 members (excludes halogenated alkanes) is 6. The van der Waals surface area contributed by atoms with Crippen molar-refractivity contribution < 1.29 is 63.1 Å². The van der Waals surface area contributed by atoms with Crippen LogP contribution in [0.4, 0.5) is 0 Å². The maximum absolute atomic E-state index is 12.5. The number of carbonyl (C=O) groups excluding carboxylic acids is 2. The number of phosphoric acid groups is 1. The first-order chi connectivity index (χ1) is 17.4. The van der Waals surface area contributed by atoms with Gasteiger partial charge >= 0.3 is 19.8 Å². The van der Waals surface area contributed by atoms with Crippen LogP contribution in [0.15, 0.2) is 0 Å². The number of aliphatic hydroxyl groups is 5. The van der Waals surface area contributed by atoms with Crippen LogP contribution in [0, 0.1) is 0 Å². The van der Waals surface area contributed by atoms with Gasteiger partial charge in [-0.3, -0.25) is 18.6 Å². The van der Waals surface area contributed by atoms with Crippen LogP contribution in [0.5, 0.6) is 0 Å². The number of phosphoric ester groups is 1. The van der Waals surface area contributed by atoms with Crippen molar-refractivity contribution in [2.24, 2.45) is 0 Å². The molecule has 218 valence electrons. The van der Waals surface area contributed by atoms with E-state index in [0.29, 0.717) is 12.8 Å². The van der Waals surface area contributed by atoms with Crippen molar-refractivity contribution in [3.05, 3.63) is 0 Å². The minimum Gasteiger partial charge on any atom is -0.462 e. The second kappa shape index (κ2) is 17.4. The van der Waals surface area contributed by atoms with Gasteiger partial charge in [-0.1, -0.05) is 52.4 Å². The maximum Gasteiger partial charge on any atom is 0.472 e. The molecule has 14 heteroatoms. The molecule has 3 unspecified atom stereocenters. The van der Waals surface area contributed by atoms with Crippen molar-refractivity contribution >= 4 is 19.8 Å². The van der Waals surface area contributed by atoms with Gasteiger partial charge in [0.05, 0.1) is 6.61 Å². The van der Waals surface area contributed by atoms with Crippen LogP contribution in [0.1, 0.15) is 78.1 Å². The molecule has 1 fully saturated rings. The Morgan fingerprint density at radius 3 is 1.73 bits per heavy atom. The lowest BCUT2D eigenvalue weighted by Crippen LogP contribution is -2.64. The Hall–Kier alpha value is -1.15. The highest BCUT2D eigenvalue weighted by molar-refractivity contribution is 7.47. The number of hydrogen-bond acceptors (Lipinski definition) is 12. The zero-order valence-electron chi connectivity index (χ0n) is 21.5. The Balaban J connectivity index is 2.72. The Bertz CT molecular complexity index is 705. The van der Waals surface area contributed by atoms with Crippen LogP contribution >= 0.6 is 7.82 Å². The Kier molecular flexibility index (Phi) is 16.0. The zero-order valence-corrected chi connectivity index (χ0v) is 22.4. The van der Waals surface area contributed by atoms with Gasteiger partial charge in [-0.05, 0) is 12.8 Å². The Labute approximate surface area is 217 Å². The molecule has 0 aromatic heterocycles. The fourth-order valence-corrected chi connectivity index (χ4v) is 4.67. The summed E-state index contributed by atoms with van der Waals surface area (Å²) in [5.41, 5.74) is 0. The van der Waals surface area contributed by atoms with Crippen molar-refractivity contribution in [3.8, 4) is 0 Å². The second-order valence-corrected chi connectivity index (χ2v) is 10.6. The summed E-state index contributed by atoms with van der Waals surface area (Å²) in [6, 6.07) is 0. The van der Waals surface area contributed by atoms with Gasteiger partial charge in [-0.2, -0.15) is 0 Å². The molecule has 1 rings (SSSR count). The molecule has 0 aromatic rings. The van der Waals surface area contributed by atoms with Crippen LogP contribution in [-0.2, 0) is 32.7 Å². The first-order valence-electron chi connectivity index (χ1n) is 12.8. The van der Waals surface area contributed by atoms with Crippen LogP contribution in [0.25, 0.3) is 0 Å². The largest absolute Gasteiger partial charge is 0.472 e. The SMILES string of the molecule is CCCCCCC(=O)OC[C@H](COP(=O)(O)OC1[C@H](O)[C@H](O)C(O)[C@H](O)[C@H]1O)OC(=O)CCCCCC. The summed E-state index contributed by atoms with van der Waals surface area (Å²) in [4.78, 5) is 34.3. The average molecular weight is 559 g/mol. The van der Waals surface area contributed by atoms with Crippen LogP contribution in [0.2, 0.25) is 0 Å². The minimum atomic E-state index is -5.06. The molecule has 0 heterocycles. The molecule has 0 bridgehead atoms. The lowest BCUT2D eigenvalue weighted by Gasteiger charge is -2.41. The summed E-state index contributed by atoms with van der Waals surface area (Å²) in [5, 5.41) is 49.2. The number of ether oxygens (including phenoxy) is 2. The van der Waals surface area contributed by atoms with Gasteiger partial charge in [-0.15, -0.1) is 0 Å². The molecule has 0 saturated heterocycles. The van der Waals surface area contributed by atoms with Crippen molar-refractivity contribution in [3.63, 3.8) is 0 Å². The molecular weight excluding hydrogens is 515 g/mol. The lowest BCUT2D eigenvalue weighted by atomic mass is 9.85. The van der Waals surface area contributed by atoms with E-state index in [1.807, 2.05) is 13.8 Å². The number of carbonyl (C=O) groups is 2. The molecule has 0 amide bonds. The number of rotatable bonds is 18. The van der Waals surface area contributed by atoms with E-state index in [1.165, 1.54) is 0 Å². The average Bonchev–Trinajstić information content (AvgIpc) is 2.86. The molecule has 37 heavy (non-hydrogen) atoms. The highest BCUT2D eigenvalue weighted by Crippen LogP contribution is 2.47. The fraction of sp³-hybridized carbons (Fsp3) is 0.913. The van der Waals surface area contributed by atoms with E-state index in [0.717, 1.165) is 38.5 Å². The molecule has 0 radical (unpaired) electrons. The second-order valence-electron chi connectivity index (χ2n) is 9.20. The summed E-state index contributed by atoms with van der Waals surface area (Å²) in [5.74, 6) is -1.14. The van der Waals surface area contributed by atoms with Crippen LogP contribution in [0.3, 0.4) is 0 Å². The summed E-state index contributed by atoms with van der Waals surface area (Å²) in [7, 11) is -5.06. The number of hydrogen-bond donors (Lipinski definition) is 6. The third-order valence-electron chi connectivity index (χ3n) is 5.95. The first kappa shape index (κ1) is 33.9. The monoisotopic (exact) mass is 558 g/mol. The topological polar surface area (TPSA) is 210 Å². The number of aliphatic hydroxyl groups excluding tert-OH is 5. The maximum atomic E-state index is 12.5. The molecule has 1 aliphatic rings. The molecule has 13 nitrogen and oxygen atoms in total. The van der Waals surface area contributed by atoms with Crippen LogP contribution < -0.4 is 0 Å². The molecule has 0 spiro atoms. The molecule has 0 aliphatic heterocycles. The molecular formula is C23H43O13P. The van der Waals surface area contributed by atoms with Gasteiger partial charge in [0.1, 0.15) is 43.2 Å². The summed E-state index contributed by atoms with van der Waals surface area (Å²) in [6.07, 6.45) is -6.11. The van der Waals surface area contributed by atoms with Gasteiger partial charge in [0, 0.05) is 12.8 Å². The van der Waals surface area contributed by atoms with E-state index in [-0.39, 0.29) is 12.8 Å². The highest BCUT2D eigenvalue weighted by Gasteiger charge is 2.51. The zero-order chi connectivity index (χ0) is 28.0. The fourth-order valence-electron chi connectivity index (χ4n) is 3.69. The Morgan fingerprint density at radius 1 is 0.730 bits per heavy atom. The highest BCUT2D eigenvalue weighted by atomic mass is 31.2. The smallest absolute Gasteiger partial charge is 0.462 e. The molecule has 6 N–H and O–H groups in total. The summed E-state index contributed by atoms with van der Waals surface area (Å²) >= 11 is 0. The van der Waals surface area contributed by atoms with E-state index in [4.69, 9.17) is 18.5 Å². The molecule has 1 saturated carbocycles. The van der Waals surface area contributed by atoms with Crippen LogP contribution in [-0.4, -0.2) is 98.3 Å². The van der Waals surface area contributed by atoms with Gasteiger partial charge in [0.25, 0.3) is 0 Å². The van der Waals surface area contributed by atoms with E-state index < -0.39 is 75.7 Å². The summed E-state index contributed by atoms with van der Waals surface area (Å²) < 4.78 is 32.5. The predicted octanol–water partition coefficient (Wildman–Crippen LogP) is 0.702. The Morgan fingerprint density at radius 2 is 1.22 bits per heavy atom. The van der Waals surface area contributed by atoms with Crippen molar-refractivity contribution in [1.82, 2.24) is 0 Å². The van der Waals surface area contributed by atoms with E-state index in [1.54, 1.807) is 0 Å².